The van der Waals surface area contributed by atoms with Gasteiger partial charge < -0.3 is 5.73 Å². The Hall–Kier alpha value is -0.820. The number of rotatable bonds is 2. The summed E-state index contributed by atoms with van der Waals surface area (Å²) in [6.07, 6.45) is 1.00. The molecule has 0 aliphatic heterocycles. The minimum Gasteiger partial charge on any atom is -0.324 e. The fourth-order valence-electron chi connectivity index (χ4n) is 1.98. The zero-order chi connectivity index (χ0) is 10.0. The first kappa shape index (κ1) is 10.3. The molecule has 0 saturated heterocycles. The van der Waals surface area contributed by atoms with E-state index in [1.54, 1.807) is 0 Å². The standard InChI is InChI=1S/C12H19N/c1-5-11(13)12-9(3)6-8(2)7-10(12)4/h6-7,11H,5,13H2,1-4H3/t11-/m1/s1. The molecule has 0 heterocycles. The highest BCUT2D eigenvalue weighted by atomic mass is 14.6. The third kappa shape index (κ3) is 2.10. The SMILES string of the molecule is CC[C@@H](N)c1c(C)cc(C)cc1C. The summed E-state index contributed by atoms with van der Waals surface area (Å²) < 4.78 is 0. The Labute approximate surface area is 81.0 Å². The first-order valence-corrected chi connectivity index (χ1v) is 4.89. The van der Waals surface area contributed by atoms with Gasteiger partial charge in [0.05, 0.1) is 0 Å². The molecule has 0 saturated carbocycles. The lowest BCUT2D eigenvalue weighted by Crippen LogP contribution is -2.12. The van der Waals surface area contributed by atoms with Crippen molar-refractivity contribution >= 4 is 0 Å². The van der Waals surface area contributed by atoms with Crippen LogP contribution in [0.1, 0.15) is 41.6 Å². The lowest BCUT2D eigenvalue weighted by molar-refractivity contribution is 0.688. The molecule has 0 unspecified atom stereocenters. The Kier molecular flexibility index (Phi) is 3.10. The van der Waals surface area contributed by atoms with Gasteiger partial charge in [-0.05, 0) is 43.9 Å². The molecule has 2 N–H and O–H groups in total. The molecule has 0 radical (unpaired) electrons. The van der Waals surface area contributed by atoms with Crippen LogP contribution in [0.25, 0.3) is 0 Å². The van der Waals surface area contributed by atoms with Crippen LogP contribution >= 0.6 is 0 Å². The molecular weight excluding hydrogens is 158 g/mol. The summed E-state index contributed by atoms with van der Waals surface area (Å²) in [5.74, 6) is 0. The van der Waals surface area contributed by atoms with E-state index in [1.165, 1.54) is 22.3 Å². The molecule has 1 aromatic carbocycles. The zero-order valence-corrected chi connectivity index (χ0v) is 9.02. The second kappa shape index (κ2) is 3.93. The summed E-state index contributed by atoms with van der Waals surface area (Å²) in [4.78, 5) is 0. The third-order valence-electron chi connectivity index (χ3n) is 2.55. The molecule has 1 heteroatoms. The van der Waals surface area contributed by atoms with E-state index < -0.39 is 0 Å². The van der Waals surface area contributed by atoms with Gasteiger partial charge in [0.25, 0.3) is 0 Å². The highest BCUT2D eigenvalue weighted by Gasteiger charge is 2.09. The predicted octanol–water partition coefficient (Wildman–Crippen LogP) is 3.02. The van der Waals surface area contributed by atoms with Crippen molar-refractivity contribution in [2.24, 2.45) is 5.73 Å². The van der Waals surface area contributed by atoms with Crippen LogP contribution in [0, 0.1) is 20.8 Å². The molecular formula is C12H19N. The molecule has 13 heavy (non-hydrogen) atoms. The summed E-state index contributed by atoms with van der Waals surface area (Å²) in [5, 5.41) is 0. The first-order valence-electron chi connectivity index (χ1n) is 4.89. The van der Waals surface area contributed by atoms with Crippen molar-refractivity contribution in [1.82, 2.24) is 0 Å². The summed E-state index contributed by atoms with van der Waals surface area (Å²) in [7, 11) is 0. The smallest absolute Gasteiger partial charge is 0.0297 e. The zero-order valence-electron chi connectivity index (χ0n) is 9.02. The second-order valence-corrected chi connectivity index (χ2v) is 3.83. The van der Waals surface area contributed by atoms with Crippen LogP contribution in [-0.2, 0) is 0 Å². The molecule has 1 aromatic rings. The van der Waals surface area contributed by atoms with Gasteiger partial charge in [0.2, 0.25) is 0 Å². The Morgan fingerprint density at radius 2 is 1.62 bits per heavy atom. The summed E-state index contributed by atoms with van der Waals surface area (Å²) in [5.41, 5.74) is 11.3. The number of benzene rings is 1. The molecule has 0 spiro atoms. The highest BCUT2D eigenvalue weighted by Crippen LogP contribution is 2.23. The van der Waals surface area contributed by atoms with Gasteiger partial charge in [-0.2, -0.15) is 0 Å². The van der Waals surface area contributed by atoms with Crippen molar-refractivity contribution in [3.63, 3.8) is 0 Å². The number of nitrogens with two attached hydrogens (primary N) is 1. The van der Waals surface area contributed by atoms with Crippen molar-refractivity contribution in [2.45, 2.75) is 40.2 Å². The Bertz CT molecular complexity index is 279. The van der Waals surface area contributed by atoms with E-state index >= 15 is 0 Å². The Morgan fingerprint density at radius 1 is 1.15 bits per heavy atom. The summed E-state index contributed by atoms with van der Waals surface area (Å²) >= 11 is 0. The minimum absolute atomic E-state index is 0.195. The van der Waals surface area contributed by atoms with E-state index in [4.69, 9.17) is 5.73 Å². The molecule has 72 valence electrons. The van der Waals surface area contributed by atoms with Gasteiger partial charge in [-0.15, -0.1) is 0 Å². The van der Waals surface area contributed by atoms with E-state index in [9.17, 15) is 0 Å². The number of hydrogen-bond acceptors (Lipinski definition) is 1. The molecule has 0 amide bonds. The largest absolute Gasteiger partial charge is 0.324 e. The van der Waals surface area contributed by atoms with Gasteiger partial charge in [-0.25, -0.2) is 0 Å². The fourth-order valence-corrected chi connectivity index (χ4v) is 1.98. The van der Waals surface area contributed by atoms with Crippen LogP contribution in [0.5, 0.6) is 0 Å². The summed E-state index contributed by atoms with van der Waals surface area (Å²) in [6.45, 7) is 8.54. The normalized spacial score (nSPS) is 13.0. The minimum atomic E-state index is 0.195. The van der Waals surface area contributed by atoms with Crippen molar-refractivity contribution in [2.75, 3.05) is 0 Å². The van der Waals surface area contributed by atoms with Crippen molar-refractivity contribution in [3.8, 4) is 0 Å². The van der Waals surface area contributed by atoms with E-state index in [0.29, 0.717) is 0 Å². The van der Waals surface area contributed by atoms with Gasteiger partial charge in [0.15, 0.2) is 0 Å². The molecule has 0 bridgehead atoms. The van der Waals surface area contributed by atoms with Crippen LogP contribution in [0.4, 0.5) is 0 Å². The topological polar surface area (TPSA) is 26.0 Å². The van der Waals surface area contributed by atoms with E-state index in [0.717, 1.165) is 6.42 Å². The molecule has 1 rings (SSSR count). The van der Waals surface area contributed by atoms with Crippen molar-refractivity contribution in [1.29, 1.82) is 0 Å². The maximum Gasteiger partial charge on any atom is 0.0297 e. The fraction of sp³-hybridized carbons (Fsp3) is 0.500. The van der Waals surface area contributed by atoms with Crippen LogP contribution in [-0.4, -0.2) is 0 Å². The monoisotopic (exact) mass is 177 g/mol. The Morgan fingerprint density at radius 3 is 2.00 bits per heavy atom. The van der Waals surface area contributed by atoms with Gasteiger partial charge in [0.1, 0.15) is 0 Å². The van der Waals surface area contributed by atoms with Gasteiger partial charge in [-0.3, -0.25) is 0 Å². The molecule has 0 aliphatic rings. The number of aryl methyl sites for hydroxylation is 3. The highest BCUT2D eigenvalue weighted by molar-refractivity contribution is 5.39. The molecule has 0 fully saturated rings. The molecule has 0 aromatic heterocycles. The average molecular weight is 177 g/mol. The van der Waals surface area contributed by atoms with Gasteiger partial charge in [-0.1, -0.05) is 24.6 Å². The van der Waals surface area contributed by atoms with Crippen molar-refractivity contribution < 1.29 is 0 Å². The van der Waals surface area contributed by atoms with Gasteiger partial charge >= 0.3 is 0 Å². The van der Waals surface area contributed by atoms with E-state index in [-0.39, 0.29) is 6.04 Å². The second-order valence-electron chi connectivity index (χ2n) is 3.83. The lowest BCUT2D eigenvalue weighted by Gasteiger charge is -2.16. The van der Waals surface area contributed by atoms with Crippen LogP contribution in [0.3, 0.4) is 0 Å². The Balaban J connectivity index is 3.20. The predicted molar refractivity (Wildman–Crippen MR) is 57.9 cm³/mol. The van der Waals surface area contributed by atoms with E-state index in [1.807, 2.05) is 0 Å². The van der Waals surface area contributed by atoms with Crippen molar-refractivity contribution in [3.05, 3.63) is 34.4 Å². The maximum absolute atomic E-state index is 6.05. The number of hydrogen-bond donors (Lipinski definition) is 1. The molecule has 0 aliphatic carbocycles. The average Bonchev–Trinajstić information content (AvgIpc) is 2.02. The van der Waals surface area contributed by atoms with Gasteiger partial charge in [0, 0.05) is 6.04 Å². The van der Waals surface area contributed by atoms with E-state index in [2.05, 4.69) is 39.8 Å². The van der Waals surface area contributed by atoms with Crippen LogP contribution < -0.4 is 5.73 Å². The maximum atomic E-state index is 6.05. The quantitative estimate of drug-likeness (QED) is 0.738. The summed E-state index contributed by atoms with van der Waals surface area (Å²) in [6, 6.07) is 4.61. The third-order valence-corrected chi connectivity index (χ3v) is 2.55. The molecule has 1 atom stereocenters. The molecule has 1 nitrogen and oxygen atoms in total. The van der Waals surface area contributed by atoms with Crippen LogP contribution in [0.2, 0.25) is 0 Å². The first-order chi connectivity index (χ1) is 6.06. The van der Waals surface area contributed by atoms with Crippen LogP contribution in [0.15, 0.2) is 12.1 Å². The lowest BCUT2D eigenvalue weighted by atomic mass is 9.93.